The highest BCUT2D eigenvalue weighted by Gasteiger charge is 2.17. The fourth-order valence-electron chi connectivity index (χ4n) is 8.23. The first-order chi connectivity index (χ1) is 27.2. The molecule has 0 saturated carbocycles. The normalized spacial score (nSPS) is 11.6. The second-order valence-corrected chi connectivity index (χ2v) is 15.2. The Morgan fingerprint density at radius 2 is 0.818 bits per heavy atom. The van der Waals surface area contributed by atoms with Crippen molar-refractivity contribution in [3.8, 4) is 56.2 Å². The molecule has 2 heterocycles. The van der Waals surface area contributed by atoms with Gasteiger partial charge in [-0.2, -0.15) is 0 Å². The van der Waals surface area contributed by atoms with E-state index in [1.165, 1.54) is 69.2 Å². The molecule has 0 unspecified atom stereocenters. The Hall–Kier alpha value is -6.94. The largest absolute Gasteiger partial charge is 0.228 e. The number of aromatic nitrogens is 2. The van der Waals surface area contributed by atoms with E-state index in [-0.39, 0.29) is 0 Å². The van der Waals surface area contributed by atoms with Crippen molar-refractivity contribution in [1.29, 1.82) is 0 Å². The number of hydrogen-bond acceptors (Lipinski definition) is 3. The third kappa shape index (κ3) is 5.40. The average molecular weight is 717 g/mol. The SMILES string of the molecule is c1ccc(-c2cc(-c3cc(-c4ccc5c6ccccc6c6ccccc6c5c4)nc(-c4ccccc4)n3)cc(-c3cccc4c3sc3ccccc34)c2)cc1. The van der Waals surface area contributed by atoms with Crippen LogP contribution in [0.25, 0.3) is 109 Å². The van der Waals surface area contributed by atoms with Gasteiger partial charge in [0.25, 0.3) is 0 Å². The minimum Gasteiger partial charge on any atom is -0.228 e. The summed E-state index contributed by atoms with van der Waals surface area (Å²) in [7, 11) is 0. The summed E-state index contributed by atoms with van der Waals surface area (Å²) >= 11 is 1.86. The standard InChI is InChI=1S/C52H32N2S/c1-3-14-33(15-4-1)36-28-37(39-23-13-24-46-45-22-11-12-25-50(45)55-51(39)46)30-38(29-36)49-32-48(53-52(54-49)34-16-5-2-6-17-34)35-26-27-44-42-20-8-7-18-40(42)41-19-9-10-21-43(41)47(44)31-35/h1-32H. The summed E-state index contributed by atoms with van der Waals surface area (Å²) in [6.45, 7) is 0. The molecular formula is C52H32N2S. The molecule has 55 heavy (non-hydrogen) atoms. The highest BCUT2D eigenvalue weighted by Crippen LogP contribution is 2.43. The molecular weight excluding hydrogens is 685 g/mol. The number of hydrogen-bond donors (Lipinski definition) is 0. The third-order valence-corrected chi connectivity index (χ3v) is 12.1. The molecule has 0 saturated heterocycles. The van der Waals surface area contributed by atoms with Crippen molar-refractivity contribution in [2.75, 3.05) is 0 Å². The molecule has 256 valence electrons. The first kappa shape index (κ1) is 31.6. The van der Waals surface area contributed by atoms with Crippen molar-refractivity contribution in [2.24, 2.45) is 0 Å². The Bertz CT molecular complexity index is 3220. The number of rotatable bonds is 5. The first-order valence-electron chi connectivity index (χ1n) is 18.6. The van der Waals surface area contributed by atoms with Crippen molar-refractivity contribution in [2.45, 2.75) is 0 Å². The van der Waals surface area contributed by atoms with Gasteiger partial charge in [-0.05, 0) is 91.0 Å². The molecule has 2 aromatic heterocycles. The van der Waals surface area contributed by atoms with Crippen LogP contribution in [-0.2, 0) is 0 Å². The van der Waals surface area contributed by atoms with E-state index in [0.29, 0.717) is 5.82 Å². The van der Waals surface area contributed by atoms with Gasteiger partial charge in [-0.3, -0.25) is 0 Å². The van der Waals surface area contributed by atoms with Crippen molar-refractivity contribution >= 4 is 63.8 Å². The Balaban J connectivity index is 1.16. The van der Waals surface area contributed by atoms with E-state index >= 15 is 0 Å². The Morgan fingerprint density at radius 1 is 0.291 bits per heavy atom. The molecule has 0 aliphatic rings. The van der Waals surface area contributed by atoms with Crippen LogP contribution in [0.2, 0.25) is 0 Å². The van der Waals surface area contributed by atoms with Crippen LogP contribution in [0.15, 0.2) is 194 Å². The highest BCUT2D eigenvalue weighted by molar-refractivity contribution is 7.26. The van der Waals surface area contributed by atoms with E-state index in [1.54, 1.807) is 0 Å². The van der Waals surface area contributed by atoms with Crippen LogP contribution in [-0.4, -0.2) is 9.97 Å². The minimum atomic E-state index is 0.704. The lowest BCUT2D eigenvalue weighted by molar-refractivity contribution is 1.18. The van der Waals surface area contributed by atoms with Gasteiger partial charge in [0.15, 0.2) is 5.82 Å². The van der Waals surface area contributed by atoms with Gasteiger partial charge in [0.05, 0.1) is 11.4 Å². The zero-order chi connectivity index (χ0) is 36.3. The molecule has 3 heteroatoms. The van der Waals surface area contributed by atoms with E-state index in [2.05, 4.69) is 188 Å². The van der Waals surface area contributed by atoms with E-state index in [9.17, 15) is 0 Å². The maximum atomic E-state index is 5.31. The lowest BCUT2D eigenvalue weighted by atomic mass is 9.92. The van der Waals surface area contributed by atoms with Crippen LogP contribution >= 0.6 is 11.3 Å². The van der Waals surface area contributed by atoms with Crippen molar-refractivity contribution in [3.05, 3.63) is 194 Å². The molecule has 0 atom stereocenters. The molecule has 0 aliphatic heterocycles. The Kier molecular flexibility index (Phi) is 7.39. The van der Waals surface area contributed by atoms with Crippen LogP contribution in [0, 0.1) is 0 Å². The Labute approximate surface area is 322 Å². The summed E-state index contributed by atoms with van der Waals surface area (Å²) in [5.41, 5.74) is 9.57. The van der Waals surface area contributed by atoms with Gasteiger partial charge in [-0.25, -0.2) is 9.97 Å². The molecule has 0 fully saturated rings. The molecule has 0 spiro atoms. The van der Waals surface area contributed by atoms with Gasteiger partial charge in [0.1, 0.15) is 0 Å². The lowest BCUT2D eigenvalue weighted by Crippen LogP contribution is -1.97. The number of fused-ring (bicyclic) bond motifs is 9. The summed E-state index contributed by atoms with van der Waals surface area (Å²) in [4.78, 5) is 10.6. The second kappa shape index (κ2) is 12.9. The van der Waals surface area contributed by atoms with Gasteiger partial charge in [0, 0.05) is 36.9 Å². The highest BCUT2D eigenvalue weighted by atomic mass is 32.1. The van der Waals surface area contributed by atoms with Gasteiger partial charge in [-0.1, -0.05) is 158 Å². The monoisotopic (exact) mass is 716 g/mol. The van der Waals surface area contributed by atoms with E-state index in [4.69, 9.17) is 9.97 Å². The van der Waals surface area contributed by atoms with E-state index < -0.39 is 0 Å². The van der Waals surface area contributed by atoms with Crippen molar-refractivity contribution in [1.82, 2.24) is 9.97 Å². The van der Waals surface area contributed by atoms with Crippen molar-refractivity contribution < 1.29 is 0 Å². The molecule has 0 radical (unpaired) electrons. The maximum Gasteiger partial charge on any atom is 0.160 e. The summed E-state index contributed by atoms with van der Waals surface area (Å²) in [6, 6.07) is 69.8. The molecule has 9 aromatic carbocycles. The zero-order valence-electron chi connectivity index (χ0n) is 29.8. The number of nitrogens with zero attached hydrogens (tertiary/aromatic N) is 2. The molecule has 0 bridgehead atoms. The predicted molar refractivity (Wildman–Crippen MR) is 235 cm³/mol. The number of benzene rings is 9. The van der Waals surface area contributed by atoms with E-state index in [1.807, 2.05) is 17.4 Å². The number of thiophene rings is 1. The quantitative estimate of drug-likeness (QED) is 0.166. The minimum absolute atomic E-state index is 0.704. The molecule has 2 nitrogen and oxygen atoms in total. The maximum absolute atomic E-state index is 5.31. The summed E-state index contributed by atoms with van der Waals surface area (Å²) in [6.07, 6.45) is 0. The Morgan fingerprint density at radius 3 is 1.53 bits per heavy atom. The van der Waals surface area contributed by atoms with Gasteiger partial charge < -0.3 is 0 Å². The van der Waals surface area contributed by atoms with E-state index in [0.717, 1.165) is 33.6 Å². The van der Waals surface area contributed by atoms with Crippen LogP contribution in [0.4, 0.5) is 0 Å². The smallest absolute Gasteiger partial charge is 0.160 e. The van der Waals surface area contributed by atoms with Gasteiger partial charge in [-0.15, -0.1) is 11.3 Å². The topological polar surface area (TPSA) is 25.8 Å². The second-order valence-electron chi connectivity index (χ2n) is 14.1. The van der Waals surface area contributed by atoms with Crippen molar-refractivity contribution in [3.63, 3.8) is 0 Å². The van der Waals surface area contributed by atoms with Crippen LogP contribution in [0.5, 0.6) is 0 Å². The average Bonchev–Trinajstić information content (AvgIpc) is 3.66. The summed E-state index contributed by atoms with van der Waals surface area (Å²) in [5, 5.41) is 10.1. The van der Waals surface area contributed by atoms with Gasteiger partial charge in [0.2, 0.25) is 0 Å². The first-order valence-corrected chi connectivity index (χ1v) is 19.5. The molecule has 11 rings (SSSR count). The molecule has 0 N–H and O–H groups in total. The molecule has 11 aromatic rings. The predicted octanol–water partition coefficient (Wildman–Crippen LogP) is 14.6. The fraction of sp³-hybridized carbons (Fsp3) is 0. The molecule has 0 aliphatic carbocycles. The lowest BCUT2D eigenvalue weighted by Gasteiger charge is -2.14. The summed E-state index contributed by atoms with van der Waals surface area (Å²) in [5.74, 6) is 0.704. The molecule has 0 amide bonds. The van der Waals surface area contributed by atoms with Gasteiger partial charge >= 0.3 is 0 Å². The summed E-state index contributed by atoms with van der Waals surface area (Å²) < 4.78 is 2.60. The van der Waals surface area contributed by atoms with Crippen LogP contribution in [0.3, 0.4) is 0 Å². The van der Waals surface area contributed by atoms with Crippen LogP contribution in [0.1, 0.15) is 0 Å². The fourth-order valence-corrected chi connectivity index (χ4v) is 9.47. The van der Waals surface area contributed by atoms with Crippen LogP contribution < -0.4 is 0 Å². The zero-order valence-corrected chi connectivity index (χ0v) is 30.6. The third-order valence-electron chi connectivity index (χ3n) is 10.8.